The Kier molecular flexibility index (Phi) is 7.25. The molecule has 0 spiro atoms. The minimum atomic E-state index is -0.813. The summed E-state index contributed by atoms with van der Waals surface area (Å²) in [5, 5.41) is 3.04. The molecule has 26 heavy (non-hydrogen) atoms. The molecule has 1 amide bonds. The largest absolute Gasteiger partial charge is 0.497 e. The molecule has 1 aromatic carbocycles. The molecule has 0 unspecified atom stereocenters. The van der Waals surface area contributed by atoms with E-state index >= 15 is 0 Å². The van der Waals surface area contributed by atoms with Crippen LogP contribution >= 0.6 is 0 Å². The van der Waals surface area contributed by atoms with Crippen molar-refractivity contribution in [1.82, 2.24) is 5.32 Å². The van der Waals surface area contributed by atoms with Gasteiger partial charge in [0.15, 0.2) is 6.10 Å². The Morgan fingerprint density at radius 1 is 1.19 bits per heavy atom. The molecule has 0 saturated heterocycles. The summed E-state index contributed by atoms with van der Waals surface area (Å²) in [6.07, 6.45) is 5.47. The van der Waals surface area contributed by atoms with E-state index in [0.717, 1.165) is 24.2 Å². The quantitative estimate of drug-likeness (QED) is 0.623. The first-order chi connectivity index (χ1) is 12.4. The molecule has 1 aromatic rings. The van der Waals surface area contributed by atoms with E-state index < -0.39 is 12.1 Å². The molecule has 142 valence electrons. The van der Waals surface area contributed by atoms with Gasteiger partial charge in [-0.3, -0.25) is 4.79 Å². The highest BCUT2D eigenvalue weighted by Gasteiger charge is 2.29. The second-order valence-electron chi connectivity index (χ2n) is 7.07. The molecule has 1 N–H and O–H groups in total. The highest BCUT2D eigenvalue weighted by atomic mass is 16.5. The minimum absolute atomic E-state index is 0.155. The molecular formula is C21H29NO4. The summed E-state index contributed by atoms with van der Waals surface area (Å²) in [7, 11) is 1.60. The fraction of sp³-hybridized carbons (Fsp3) is 0.524. The van der Waals surface area contributed by atoms with Gasteiger partial charge >= 0.3 is 5.97 Å². The van der Waals surface area contributed by atoms with Crippen LogP contribution in [0.25, 0.3) is 6.08 Å². The maximum Gasteiger partial charge on any atom is 0.331 e. The van der Waals surface area contributed by atoms with Crippen molar-refractivity contribution in [3.8, 4) is 5.75 Å². The number of methoxy groups -OCH3 is 1. The predicted octanol–water partition coefficient (Wildman–Crippen LogP) is 3.58. The van der Waals surface area contributed by atoms with E-state index in [1.54, 1.807) is 20.1 Å². The molecule has 4 atom stereocenters. The highest BCUT2D eigenvalue weighted by molar-refractivity contribution is 5.90. The van der Waals surface area contributed by atoms with Crippen molar-refractivity contribution in [2.75, 3.05) is 7.11 Å². The van der Waals surface area contributed by atoms with Crippen molar-refractivity contribution in [3.63, 3.8) is 0 Å². The van der Waals surface area contributed by atoms with Gasteiger partial charge in [-0.2, -0.15) is 0 Å². The first-order valence-corrected chi connectivity index (χ1v) is 9.24. The molecule has 2 rings (SSSR count). The van der Waals surface area contributed by atoms with Gasteiger partial charge in [0, 0.05) is 12.1 Å². The number of nitrogens with one attached hydrogen (secondary N) is 1. The van der Waals surface area contributed by atoms with Crippen LogP contribution in [0.5, 0.6) is 5.75 Å². The Balaban J connectivity index is 1.83. The molecule has 0 aromatic heterocycles. The fourth-order valence-corrected chi connectivity index (χ4v) is 3.23. The van der Waals surface area contributed by atoms with Gasteiger partial charge in [0.2, 0.25) is 0 Å². The normalized spacial score (nSPS) is 24.1. The smallest absolute Gasteiger partial charge is 0.331 e. The number of esters is 1. The van der Waals surface area contributed by atoms with Crippen LogP contribution in [0.15, 0.2) is 30.3 Å². The van der Waals surface area contributed by atoms with E-state index in [9.17, 15) is 9.59 Å². The molecule has 1 saturated carbocycles. The van der Waals surface area contributed by atoms with Gasteiger partial charge in [0.1, 0.15) is 5.75 Å². The van der Waals surface area contributed by atoms with Crippen LogP contribution in [0.3, 0.4) is 0 Å². The minimum Gasteiger partial charge on any atom is -0.497 e. The zero-order valence-electron chi connectivity index (χ0n) is 16.0. The van der Waals surface area contributed by atoms with Crippen LogP contribution in [0.1, 0.15) is 45.6 Å². The monoisotopic (exact) mass is 359 g/mol. The Hall–Kier alpha value is -2.30. The maximum absolute atomic E-state index is 12.3. The van der Waals surface area contributed by atoms with E-state index in [1.165, 1.54) is 12.5 Å². The average Bonchev–Trinajstić information content (AvgIpc) is 2.64. The van der Waals surface area contributed by atoms with Gasteiger partial charge in [-0.25, -0.2) is 4.79 Å². The molecule has 0 radical (unpaired) electrons. The summed E-state index contributed by atoms with van der Waals surface area (Å²) < 4.78 is 10.3. The second-order valence-corrected chi connectivity index (χ2v) is 7.07. The summed E-state index contributed by atoms with van der Waals surface area (Å²) in [4.78, 5) is 24.3. The predicted molar refractivity (Wildman–Crippen MR) is 102 cm³/mol. The number of rotatable bonds is 6. The van der Waals surface area contributed by atoms with E-state index in [-0.39, 0.29) is 11.9 Å². The van der Waals surface area contributed by atoms with Crippen LogP contribution in [-0.4, -0.2) is 31.1 Å². The Bertz CT molecular complexity index is 638. The van der Waals surface area contributed by atoms with Crippen molar-refractivity contribution in [2.24, 2.45) is 11.8 Å². The standard InChI is InChI=1S/C21H29NO4/c1-14-6-5-7-19(15(14)2)22-21(24)16(3)26-20(23)13-10-17-8-11-18(25-4)12-9-17/h8-16,19H,5-7H2,1-4H3,(H,22,24)/b13-10+/t14-,15+,16+,19-/m0/s1. The molecular weight excluding hydrogens is 330 g/mol. The van der Waals surface area contributed by atoms with Gasteiger partial charge < -0.3 is 14.8 Å². The van der Waals surface area contributed by atoms with Crippen molar-refractivity contribution in [1.29, 1.82) is 0 Å². The topological polar surface area (TPSA) is 64.6 Å². The van der Waals surface area contributed by atoms with E-state index in [1.807, 2.05) is 24.3 Å². The third-order valence-corrected chi connectivity index (χ3v) is 5.22. The lowest BCUT2D eigenvalue weighted by molar-refractivity contribution is -0.150. The third kappa shape index (κ3) is 5.61. The Labute approximate surface area is 155 Å². The summed E-state index contributed by atoms with van der Waals surface area (Å²) in [6, 6.07) is 7.46. The second kappa shape index (κ2) is 9.41. The molecule has 5 heteroatoms. The molecule has 0 aliphatic heterocycles. The van der Waals surface area contributed by atoms with Crippen LogP contribution < -0.4 is 10.1 Å². The number of ether oxygens (including phenoxy) is 2. The van der Waals surface area contributed by atoms with Crippen LogP contribution in [0, 0.1) is 11.8 Å². The van der Waals surface area contributed by atoms with Crippen molar-refractivity contribution in [2.45, 2.75) is 52.2 Å². The number of hydrogen-bond donors (Lipinski definition) is 1. The van der Waals surface area contributed by atoms with Crippen LogP contribution in [0.2, 0.25) is 0 Å². The maximum atomic E-state index is 12.3. The van der Waals surface area contributed by atoms with E-state index in [2.05, 4.69) is 19.2 Å². The first-order valence-electron chi connectivity index (χ1n) is 9.24. The Morgan fingerprint density at radius 3 is 2.54 bits per heavy atom. The van der Waals surface area contributed by atoms with Crippen LogP contribution in [0.4, 0.5) is 0 Å². The summed E-state index contributed by atoms with van der Waals surface area (Å²) in [5.74, 6) is 1.02. The van der Waals surface area contributed by atoms with E-state index in [4.69, 9.17) is 9.47 Å². The van der Waals surface area contributed by atoms with Crippen molar-refractivity contribution < 1.29 is 19.1 Å². The summed E-state index contributed by atoms with van der Waals surface area (Å²) >= 11 is 0. The lowest BCUT2D eigenvalue weighted by Gasteiger charge is -2.35. The summed E-state index contributed by atoms with van der Waals surface area (Å²) in [5.41, 5.74) is 0.852. The molecule has 1 aliphatic rings. The number of carbonyl (C=O) groups excluding carboxylic acids is 2. The molecule has 1 aliphatic carbocycles. The van der Waals surface area contributed by atoms with Crippen molar-refractivity contribution >= 4 is 18.0 Å². The molecule has 0 heterocycles. The fourth-order valence-electron chi connectivity index (χ4n) is 3.23. The van der Waals surface area contributed by atoms with Crippen LogP contribution in [-0.2, 0) is 14.3 Å². The molecule has 5 nitrogen and oxygen atoms in total. The zero-order valence-corrected chi connectivity index (χ0v) is 16.0. The number of benzene rings is 1. The average molecular weight is 359 g/mol. The lowest BCUT2D eigenvalue weighted by atomic mass is 9.78. The number of carbonyl (C=O) groups is 2. The molecule has 1 fully saturated rings. The summed E-state index contributed by atoms with van der Waals surface area (Å²) in [6.45, 7) is 5.99. The third-order valence-electron chi connectivity index (χ3n) is 5.22. The lowest BCUT2D eigenvalue weighted by Crippen LogP contribution is -2.47. The Morgan fingerprint density at radius 2 is 1.88 bits per heavy atom. The highest BCUT2D eigenvalue weighted by Crippen LogP contribution is 2.29. The van der Waals surface area contributed by atoms with Gasteiger partial charge in [-0.15, -0.1) is 0 Å². The van der Waals surface area contributed by atoms with Crippen molar-refractivity contribution in [3.05, 3.63) is 35.9 Å². The van der Waals surface area contributed by atoms with Gasteiger partial charge in [0.05, 0.1) is 7.11 Å². The van der Waals surface area contributed by atoms with Gasteiger partial charge in [0.25, 0.3) is 5.91 Å². The number of amides is 1. The van der Waals surface area contributed by atoms with E-state index in [0.29, 0.717) is 11.8 Å². The first kappa shape index (κ1) is 20.0. The molecule has 0 bridgehead atoms. The zero-order chi connectivity index (χ0) is 19.1. The SMILES string of the molecule is COc1ccc(/C=C/C(=O)O[C@H](C)C(=O)N[C@H]2CCC[C@H](C)[C@H]2C)cc1. The van der Waals surface area contributed by atoms with Gasteiger partial charge in [-0.05, 0) is 49.0 Å². The number of hydrogen-bond acceptors (Lipinski definition) is 4. The van der Waals surface area contributed by atoms with Gasteiger partial charge in [-0.1, -0.05) is 38.8 Å².